The number of nitrogens with one attached hydrogen (secondary N) is 1. The van der Waals surface area contributed by atoms with Crippen molar-refractivity contribution in [3.63, 3.8) is 0 Å². The third-order valence-electron chi connectivity index (χ3n) is 3.60. The molecule has 102 valence electrons. The zero-order chi connectivity index (χ0) is 13.8. The van der Waals surface area contributed by atoms with E-state index in [0.717, 1.165) is 18.4 Å². The number of benzene rings is 1. The van der Waals surface area contributed by atoms with E-state index in [0.29, 0.717) is 6.54 Å². The van der Waals surface area contributed by atoms with E-state index in [1.807, 2.05) is 25.1 Å². The first-order chi connectivity index (χ1) is 9.08. The first-order valence-electron chi connectivity index (χ1n) is 6.65. The van der Waals surface area contributed by atoms with E-state index in [4.69, 9.17) is 5.11 Å². The van der Waals surface area contributed by atoms with Crippen LogP contribution in [0.1, 0.15) is 36.8 Å². The topological polar surface area (TPSA) is 66.4 Å². The fourth-order valence-electron chi connectivity index (χ4n) is 2.60. The molecule has 0 bridgehead atoms. The van der Waals surface area contributed by atoms with Gasteiger partial charge in [0.05, 0.1) is 5.92 Å². The average molecular weight is 261 g/mol. The van der Waals surface area contributed by atoms with Crippen LogP contribution in [-0.4, -0.2) is 23.5 Å². The molecule has 1 aliphatic carbocycles. The Labute approximate surface area is 112 Å². The summed E-state index contributed by atoms with van der Waals surface area (Å²) in [6.07, 6.45) is 1.87. The van der Waals surface area contributed by atoms with Gasteiger partial charge >= 0.3 is 5.97 Å². The minimum absolute atomic E-state index is 0.0159. The van der Waals surface area contributed by atoms with Crippen LogP contribution in [0.5, 0.6) is 0 Å². The van der Waals surface area contributed by atoms with Crippen LogP contribution in [0.25, 0.3) is 0 Å². The van der Waals surface area contributed by atoms with E-state index in [1.54, 1.807) is 0 Å². The summed E-state index contributed by atoms with van der Waals surface area (Å²) < 4.78 is 0. The van der Waals surface area contributed by atoms with Gasteiger partial charge in [-0.15, -0.1) is 0 Å². The molecule has 0 spiro atoms. The molecule has 0 aliphatic heterocycles. The monoisotopic (exact) mass is 261 g/mol. The van der Waals surface area contributed by atoms with Gasteiger partial charge in [-0.25, -0.2) is 0 Å². The smallest absolute Gasteiger partial charge is 0.303 e. The largest absolute Gasteiger partial charge is 0.481 e. The predicted octanol–water partition coefficient (Wildman–Crippen LogP) is 1.94. The molecule has 0 saturated carbocycles. The normalized spacial score (nSPS) is 18.7. The molecule has 2 atom stereocenters. The quantitative estimate of drug-likeness (QED) is 0.851. The Morgan fingerprint density at radius 3 is 2.89 bits per heavy atom. The molecule has 19 heavy (non-hydrogen) atoms. The number of aryl methyl sites for hydroxylation is 1. The lowest BCUT2D eigenvalue weighted by Crippen LogP contribution is -2.32. The summed E-state index contributed by atoms with van der Waals surface area (Å²) in [5.74, 6) is -0.929. The SMILES string of the molecule is CC(CNC(=O)C1CCc2ccccc21)CC(=O)O. The van der Waals surface area contributed by atoms with E-state index in [-0.39, 0.29) is 24.2 Å². The van der Waals surface area contributed by atoms with Crippen LogP contribution in [0.3, 0.4) is 0 Å². The second-order valence-electron chi connectivity index (χ2n) is 5.24. The van der Waals surface area contributed by atoms with Crippen LogP contribution in [0.4, 0.5) is 0 Å². The van der Waals surface area contributed by atoms with Crippen molar-refractivity contribution >= 4 is 11.9 Å². The maximum Gasteiger partial charge on any atom is 0.303 e. The van der Waals surface area contributed by atoms with Crippen molar-refractivity contribution in [2.45, 2.75) is 32.1 Å². The number of hydrogen-bond donors (Lipinski definition) is 2. The molecular weight excluding hydrogens is 242 g/mol. The van der Waals surface area contributed by atoms with Crippen LogP contribution in [0, 0.1) is 5.92 Å². The molecule has 2 rings (SSSR count). The Bertz CT molecular complexity index is 484. The molecule has 0 saturated heterocycles. The van der Waals surface area contributed by atoms with Crippen LogP contribution in [0.2, 0.25) is 0 Å². The summed E-state index contributed by atoms with van der Waals surface area (Å²) in [6, 6.07) is 8.02. The zero-order valence-electron chi connectivity index (χ0n) is 11.1. The average Bonchev–Trinajstić information content (AvgIpc) is 2.79. The lowest BCUT2D eigenvalue weighted by Gasteiger charge is -2.15. The molecule has 1 aromatic carbocycles. The molecular formula is C15H19NO3. The molecule has 0 fully saturated rings. The highest BCUT2D eigenvalue weighted by molar-refractivity contribution is 5.85. The maximum atomic E-state index is 12.1. The maximum absolute atomic E-state index is 12.1. The van der Waals surface area contributed by atoms with Gasteiger partial charge in [0.25, 0.3) is 0 Å². The lowest BCUT2D eigenvalue weighted by atomic mass is 10.00. The predicted molar refractivity (Wildman–Crippen MR) is 71.9 cm³/mol. The van der Waals surface area contributed by atoms with Gasteiger partial charge in [0.2, 0.25) is 5.91 Å². The Hall–Kier alpha value is -1.84. The zero-order valence-corrected chi connectivity index (χ0v) is 11.1. The summed E-state index contributed by atoms with van der Waals surface area (Å²) in [5, 5.41) is 11.5. The first kappa shape index (κ1) is 13.6. The van der Waals surface area contributed by atoms with Crippen molar-refractivity contribution in [1.29, 1.82) is 0 Å². The Morgan fingerprint density at radius 1 is 1.42 bits per heavy atom. The Kier molecular flexibility index (Phi) is 4.20. The van der Waals surface area contributed by atoms with Gasteiger partial charge in [-0.05, 0) is 29.9 Å². The number of amides is 1. The summed E-state index contributed by atoms with van der Waals surface area (Å²) in [7, 11) is 0. The van der Waals surface area contributed by atoms with Gasteiger partial charge in [-0.1, -0.05) is 31.2 Å². The van der Waals surface area contributed by atoms with Crippen LogP contribution >= 0.6 is 0 Å². The van der Waals surface area contributed by atoms with E-state index < -0.39 is 5.97 Å². The number of carbonyl (C=O) groups excluding carboxylic acids is 1. The molecule has 4 heteroatoms. The number of carboxylic acids is 1. The minimum atomic E-state index is -0.826. The molecule has 1 aromatic rings. The number of fused-ring (bicyclic) bond motifs is 1. The summed E-state index contributed by atoms with van der Waals surface area (Å²) >= 11 is 0. The van der Waals surface area contributed by atoms with E-state index in [1.165, 1.54) is 5.56 Å². The van der Waals surface area contributed by atoms with E-state index in [9.17, 15) is 9.59 Å². The second-order valence-corrected chi connectivity index (χ2v) is 5.24. The molecule has 1 aliphatic rings. The number of hydrogen-bond acceptors (Lipinski definition) is 2. The van der Waals surface area contributed by atoms with Gasteiger partial charge in [-0.2, -0.15) is 0 Å². The highest BCUT2D eigenvalue weighted by Gasteiger charge is 2.28. The molecule has 0 heterocycles. The number of carboxylic acid groups (broad SMARTS) is 1. The molecule has 2 N–H and O–H groups in total. The summed E-state index contributed by atoms with van der Waals surface area (Å²) in [5.41, 5.74) is 2.37. The third-order valence-corrected chi connectivity index (χ3v) is 3.60. The number of aliphatic carboxylic acids is 1. The van der Waals surface area contributed by atoms with Crippen molar-refractivity contribution in [2.24, 2.45) is 5.92 Å². The number of carbonyl (C=O) groups is 2. The molecule has 0 radical (unpaired) electrons. The molecule has 4 nitrogen and oxygen atoms in total. The van der Waals surface area contributed by atoms with E-state index in [2.05, 4.69) is 11.4 Å². The van der Waals surface area contributed by atoms with Crippen molar-refractivity contribution in [3.8, 4) is 0 Å². The van der Waals surface area contributed by atoms with Crippen molar-refractivity contribution < 1.29 is 14.7 Å². The van der Waals surface area contributed by atoms with Crippen molar-refractivity contribution in [2.75, 3.05) is 6.54 Å². The summed E-state index contributed by atoms with van der Waals surface area (Å²) in [4.78, 5) is 22.7. The molecule has 2 unspecified atom stereocenters. The van der Waals surface area contributed by atoms with Crippen molar-refractivity contribution in [1.82, 2.24) is 5.32 Å². The highest BCUT2D eigenvalue weighted by atomic mass is 16.4. The fourth-order valence-corrected chi connectivity index (χ4v) is 2.60. The van der Waals surface area contributed by atoms with E-state index >= 15 is 0 Å². The highest BCUT2D eigenvalue weighted by Crippen LogP contribution is 2.32. The van der Waals surface area contributed by atoms with Crippen molar-refractivity contribution in [3.05, 3.63) is 35.4 Å². The Morgan fingerprint density at radius 2 is 2.16 bits per heavy atom. The molecule has 1 amide bonds. The minimum Gasteiger partial charge on any atom is -0.481 e. The fraction of sp³-hybridized carbons (Fsp3) is 0.467. The third kappa shape index (κ3) is 3.34. The van der Waals surface area contributed by atoms with Gasteiger partial charge < -0.3 is 10.4 Å². The lowest BCUT2D eigenvalue weighted by molar-refractivity contribution is -0.138. The number of rotatable bonds is 5. The summed E-state index contributed by atoms with van der Waals surface area (Å²) in [6.45, 7) is 2.25. The van der Waals surface area contributed by atoms with Crippen LogP contribution in [-0.2, 0) is 16.0 Å². The Balaban J connectivity index is 1.90. The first-order valence-corrected chi connectivity index (χ1v) is 6.65. The van der Waals surface area contributed by atoms with Crippen LogP contribution in [0.15, 0.2) is 24.3 Å². The van der Waals surface area contributed by atoms with Gasteiger partial charge in [0.1, 0.15) is 0 Å². The van der Waals surface area contributed by atoms with Gasteiger partial charge in [0, 0.05) is 13.0 Å². The van der Waals surface area contributed by atoms with Gasteiger partial charge in [0.15, 0.2) is 0 Å². The molecule has 0 aromatic heterocycles. The second kappa shape index (κ2) is 5.87. The standard InChI is InChI=1S/C15H19NO3/c1-10(8-14(17)18)9-16-15(19)13-7-6-11-4-2-3-5-12(11)13/h2-5,10,13H,6-9H2,1H3,(H,16,19)(H,17,18). The van der Waals surface area contributed by atoms with Gasteiger partial charge in [-0.3, -0.25) is 9.59 Å². The van der Waals surface area contributed by atoms with Crippen LogP contribution < -0.4 is 5.32 Å².